The monoisotopic (exact) mass is 301 g/mol. The summed E-state index contributed by atoms with van der Waals surface area (Å²) in [6, 6.07) is 21.2. The largest absolute Gasteiger partial charge is 0.346 e. The van der Waals surface area contributed by atoms with E-state index in [1.807, 2.05) is 60.8 Å². The van der Waals surface area contributed by atoms with Crippen LogP contribution in [-0.4, -0.2) is 15.3 Å². The molecule has 112 valence electrons. The zero-order chi connectivity index (χ0) is 15.6. The van der Waals surface area contributed by atoms with Gasteiger partial charge in [0.05, 0.1) is 28.8 Å². The summed E-state index contributed by atoms with van der Waals surface area (Å²) in [6.07, 6.45) is 2.02. The van der Waals surface area contributed by atoms with Crippen molar-refractivity contribution in [3.05, 3.63) is 84.2 Å². The van der Waals surface area contributed by atoms with E-state index in [2.05, 4.69) is 9.72 Å². The zero-order valence-corrected chi connectivity index (χ0v) is 12.4. The molecule has 0 fully saturated rings. The van der Waals surface area contributed by atoms with Gasteiger partial charge in [0.1, 0.15) is 0 Å². The number of aromatic nitrogens is 2. The zero-order valence-electron chi connectivity index (χ0n) is 12.4. The predicted octanol–water partition coefficient (Wildman–Crippen LogP) is 3.42. The van der Waals surface area contributed by atoms with Crippen LogP contribution >= 0.6 is 0 Å². The van der Waals surface area contributed by atoms with Crippen LogP contribution in [0, 0.1) is 0 Å². The number of hydrogen-bond donors (Lipinski definition) is 1. The number of hydrogen-bond acceptors (Lipinski definition) is 2. The van der Waals surface area contributed by atoms with Gasteiger partial charge < -0.3 is 9.72 Å². The first kappa shape index (κ1) is 13.5. The van der Waals surface area contributed by atoms with E-state index in [1.165, 1.54) is 0 Å². The molecule has 2 aromatic heterocycles. The minimum atomic E-state index is -0.0923. The van der Waals surface area contributed by atoms with Gasteiger partial charge in [0.25, 0.3) is 5.91 Å². The van der Waals surface area contributed by atoms with Crippen molar-refractivity contribution in [3.63, 3.8) is 0 Å². The lowest BCUT2D eigenvalue weighted by Gasteiger charge is -2.09. The molecule has 4 nitrogen and oxygen atoms in total. The minimum absolute atomic E-state index is 0.0923. The fourth-order valence-electron chi connectivity index (χ4n) is 2.78. The first-order valence-corrected chi connectivity index (χ1v) is 7.51. The summed E-state index contributed by atoms with van der Waals surface area (Å²) in [5, 5.41) is 2.95. The third-order valence-electron chi connectivity index (χ3n) is 3.89. The van der Waals surface area contributed by atoms with Crippen LogP contribution in [-0.2, 0) is 6.54 Å². The summed E-state index contributed by atoms with van der Waals surface area (Å²) in [6.45, 7) is 0.395. The third-order valence-corrected chi connectivity index (χ3v) is 3.89. The van der Waals surface area contributed by atoms with Crippen LogP contribution < -0.4 is 5.32 Å². The third kappa shape index (κ3) is 2.44. The van der Waals surface area contributed by atoms with Crippen molar-refractivity contribution in [2.75, 3.05) is 0 Å². The van der Waals surface area contributed by atoms with Gasteiger partial charge in [0.15, 0.2) is 0 Å². The lowest BCUT2D eigenvalue weighted by Crippen LogP contribution is -2.23. The number of carbonyl (C=O) groups is 1. The Bertz CT molecular complexity index is 989. The molecule has 0 bridgehead atoms. The van der Waals surface area contributed by atoms with Crippen molar-refractivity contribution in [1.82, 2.24) is 14.7 Å². The van der Waals surface area contributed by atoms with Crippen molar-refractivity contribution in [2.24, 2.45) is 0 Å². The molecule has 0 spiro atoms. The Morgan fingerprint density at radius 1 is 0.913 bits per heavy atom. The Morgan fingerprint density at radius 2 is 1.65 bits per heavy atom. The van der Waals surface area contributed by atoms with Gasteiger partial charge in [-0.25, -0.2) is 4.98 Å². The molecule has 2 aromatic carbocycles. The van der Waals surface area contributed by atoms with E-state index in [0.717, 1.165) is 22.2 Å². The molecule has 0 saturated carbocycles. The first-order chi connectivity index (χ1) is 11.3. The summed E-state index contributed by atoms with van der Waals surface area (Å²) >= 11 is 0. The van der Waals surface area contributed by atoms with E-state index in [-0.39, 0.29) is 5.91 Å². The summed E-state index contributed by atoms with van der Waals surface area (Å²) in [5.74, 6) is -0.0923. The van der Waals surface area contributed by atoms with Crippen LogP contribution in [0.1, 0.15) is 16.1 Å². The molecule has 0 radical (unpaired) electrons. The number of amides is 1. The smallest absolute Gasteiger partial charge is 0.251 e. The molecule has 0 aliphatic carbocycles. The van der Waals surface area contributed by atoms with Gasteiger partial charge in [-0.3, -0.25) is 4.79 Å². The number of benzene rings is 2. The van der Waals surface area contributed by atoms with E-state index in [9.17, 15) is 4.79 Å². The number of carbonyl (C=O) groups excluding carboxylic acids is 1. The second kappa shape index (κ2) is 5.57. The highest BCUT2D eigenvalue weighted by molar-refractivity contribution is 5.94. The summed E-state index contributed by atoms with van der Waals surface area (Å²) in [4.78, 5) is 16.9. The van der Waals surface area contributed by atoms with Crippen LogP contribution in [0.3, 0.4) is 0 Å². The van der Waals surface area contributed by atoms with E-state index < -0.39 is 0 Å². The fourth-order valence-corrected chi connectivity index (χ4v) is 2.78. The Hall–Kier alpha value is -3.14. The lowest BCUT2D eigenvalue weighted by atomic mass is 10.2. The van der Waals surface area contributed by atoms with Gasteiger partial charge in [-0.2, -0.15) is 0 Å². The molecule has 2 heterocycles. The highest BCUT2D eigenvalue weighted by Crippen LogP contribution is 2.18. The molecule has 4 rings (SSSR count). The molecular formula is C19H15N3O. The predicted molar refractivity (Wildman–Crippen MR) is 90.3 cm³/mol. The molecule has 1 amide bonds. The molecular weight excluding hydrogens is 286 g/mol. The number of rotatable bonds is 3. The summed E-state index contributed by atoms with van der Waals surface area (Å²) in [7, 11) is 0. The molecule has 0 aliphatic rings. The number of nitrogens with zero attached hydrogens (tertiary/aromatic N) is 2. The van der Waals surface area contributed by atoms with Gasteiger partial charge in [0, 0.05) is 11.8 Å². The van der Waals surface area contributed by atoms with Crippen LogP contribution in [0.4, 0.5) is 0 Å². The van der Waals surface area contributed by atoms with Gasteiger partial charge in [-0.15, -0.1) is 0 Å². The molecule has 0 aliphatic heterocycles. The van der Waals surface area contributed by atoms with Crippen LogP contribution in [0.5, 0.6) is 0 Å². The van der Waals surface area contributed by atoms with Crippen LogP contribution in [0.25, 0.3) is 16.6 Å². The molecule has 0 atom stereocenters. The van der Waals surface area contributed by atoms with E-state index >= 15 is 0 Å². The van der Waals surface area contributed by atoms with Crippen molar-refractivity contribution in [1.29, 1.82) is 0 Å². The van der Waals surface area contributed by atoms with Crippen LogP contribution in [0.15, 0.2) is 72.9 Å². The molecule has 4 aromatic rings. The lowest BCUT2D eigenvalue weighted by molar-refractivity contribution is 0.0950. The normalized spacial score (nSPS) is 11.0. The molecule has 1 N–H and O–H groups in total. The minimum Gasteiger partial charge on any atom is -0.346 e. The second-order valence-electron chi connectivity index (χ2n) is 5.36. The Balaban J connectivity index is 1.68. The highest BCUT2D eigenvalue weighted by Gasteiger charge is 2.10. The van der Waals surface area contributed by atoms with Crippen LogP contribution in [0.2, 0.25) is 0 Å². The maximum absolute atomic E-state index is 12.2. The highest BCUT2D eigenvalue weighted by atomic mass is 16.1. The van der Waals surface area contributed by atoms with Crippen molar-refractivity contribution < 1.29 is 4.79 Å². The van der Waals surface area contributed by atoms with Gasteiger partial charge in [-0.05, 0) is 36.4 Å². The SMILES string of the molecule is O=C(NCc1nc2ccccc2n2cccc12)c1ccccc1. The quantitative estimate of drug-likeness (QED) is 0.630. The molecule has 0 saturated heterocycles. The van der Waals surface area contributed by atoms with Crippen molar-refractivity contribution in [3.8, 4) is 0 Å². The molecule has 23 heavy (non-hydrogen) atoms. The van der Waals surface area contributed by atoms with Crippen molar-refractivity contribution in [2.45, 2.75) is 6.54 Å². The summed E-state index contributed by atoms with van der Waals surface area (Å²) in [5.41, 5.74) is 4.50. The number of fused-ring (bicyclic) bond motifs is 3. The van der Waals surface area contributed by atoms with Gasteiger partial charge in [-0.1, -0.05) is 30.3 Å². The maximum atomic E-state index is 12.2. The number of nitrogens with one attached hydrogen (secondary N) is 1. The molecule has 4 heteroatoms. The average Bonchev–Trinajstić information content (AvgIpc) is 3.10. The van der Waals surface area contributed by atoms with Gasteiger partial charge in [0.2, 0.25) is 0 Å². The topological polar surface area (TPSA) is 46.4 Å². The fraction of sp³-hybridized carbons (Fsp3) is 0.0526. The second-order valence-corrected chi connectivity index (χ2v) is 5.36. The van der Waals surface area contributed by atoms with E-state index in [0.29, 0.717) is 12.1 Å². The first-order valence-electron chi connectivity index (χ1n) is 7.51. The van der Waals surface area contributed by atoms with E-state index in [1.54, 1.807) is 12.1 Å². The average molecular weight is 301 g/mol. The maximum Gasteiger partial charge on any atom is 0.251 e. The van der Waals surface area contributed by atoms with Gasteiger partial charge >= 0.3 is 0 Å². The Labute approximate surface area is 133 Å². The van der Waals surface area contributed by atoms with Crippen molar-refractivity contribution >= 4 is 22.5 Å². The molecule has 0 unspecified atom stereocenters. The Kier molecular flexibility index (Phi) is 3.27. The number of para-hydroxylation sites is 2. The standard InChI is InChI=1S/C19H15N3O/c23-19(14-7-2-1-3-8-14)20-13-16-18-11-6-12-22(18)17-10-5-4-9-15(17)21-16/h1-12H,13H2,(H,20,23). The van der Waals surface area contributed by atoms with E-state index in [4.69, 9.17) is 4.98 Å². The Morgan fingerprint density at radius 3 is 2.52 bits per heavy atom. The summed E-state index contributed by atoms with van der Waals surface area (Å²) < 4.78 is 2.10.